The van der Waals surface area contributed by atoms with Gasteiger partial charge in [-0.1, -0.05) is 0 Å². The van der Waals surface area contributed by atoms with Crippen LogP contribution in [0.3, 0.4) is 0 Å². The summed E-state index contributed by atoms with van der Waals surface area (Å²) < 4.78 is 36.0. The quantitative estimate of drug-likeness (QED) is 0.762. The fraction of sp³-hybridized carbons (Fsp3) is 0.286. The molecule has 8 heteroatoms. The lowest BCUT2D eigenvalue weighted by Gasteiger charge is -2.07. The largest absolute Gasteiger partial charge is 0.480 e. The maximum absolute atomic E-state index is 12.0. The molecule has 0 aliphatic rings. The number of halogens is 3. The maximum Gasteiger partial charge on any atom is 0.451 e. The van der Waals surface area contributed by atoms with E-state index in [1.807, 2.05) is 0 Å². The maximum atomic E-state index is 12.0. The number of rotatable bonds is 2. The van der Waals surface area contributed by atoms with E-state index in [2.05, 4.69) is 9.97 Å². The van der Waals surface area contributed by atoms with E-state index >= 15 is 0 Å². The zero-order valence-electron chi connectivity index (χ0n) is 7.19. The van der Waals surface area contributed by atoms with Gasteiger partial charge in [-0.25, -0.2) is 9.97 Å². The smallest absolute Gasteiger partial charge is 0.451 e. The van der Waals surface area contributed by atoms with Crippen LogP contribution in [0.15, 0.2) is 12.4 Å². The van der Waals surface area contributed by atoms with Crippen molar-refractivity contribution in [2.75, 3.05) is 0 Å². The van der Waals surface area contributed by atoms with Crippen molar-refractivity contribution in [1.29, 1.82) is 0 Å². The van der Waals surface area contributed by atoms with Crippen LogP contribution in [0.1, 0.15) is 17.4 Å². The minimum absolute atomic E-state index is 0.0875. The van der Waals surface area contributed by atoms with Crippen LogP contribution in [0.25, 0.3) is 0 Å². The van der Waals surface area contributed by atoms with Crippen LogP contribution in [0.2, 0.25) is 0 Å². The number of hydrogen-bond donors (Lipinski definition) is 2. The number of carboxylic acids is 1. The van der Waals surface area contributed by atoms with Crippen molar-refractivity contribution in [3.8, 4) is 0 Å². The summed E-state index contributed by atoms with van der Waals surface area (Å²) in [5.41, 5.74) is 5.05. The Labute approximate surface area is 81.8 Å². The molecule has 5 nitrogen and oxygen atoms in total. The summed E-state index contributed by atoms with van der Waals surface area (Å²) in [7, 11) is 0. The molecule has 0 saturated carbocycles. The van der Waals surface area contributed by atoms with Gasteiger partial charge >= 0.3 is 12.1 Å². The lowest BCUT2D eigenvalue weighted by Crippen LogP contribution is -2.22. The topological polar surface area (TPSA) is 89.1 Å². The second-order valence-corrected chi connectivity index (χ2v) is 2.65. The predicted octanol–water partition coefficient (Wildman–Crippen LogP) is 0.580. The summed E-state index contributed by atoms with van der Waals surface area (Å²) in [5, 5.41) is 8.46. The summed E-state index contributed by atoms with van der Waals surface area (Å²) in [6.07, 6.45) is -3.16. The predicted molar refractivity (Wildman–Crippen MR) is 41.6 cm³/mol. The molecule has 1 heterocycles. The Morgan fingerprint density at radius 2 is 1.87 bits per heavy atom. The van der Waals surface area contributed by atoms with E-state index in [4.69, 9.17) is 10.8 Å². The van der Waals surface area contributed by atoms with Gasteiger partial charge < -0.3 is 10.8 Å². The van der Waals surface area contributed by atoms with Gasteiger partial charge in [-0.15, -0.1) is 0 Å². The average Bonchev–Trinajstić information content (AvgIpc) is 2.15. The highest BCUT2D eigenvalue weighted by atomic mass is 19.4. The number of hydrogen-bond acceptors (Lipinski definition) is 4. The van der Waals surface area contributed by atoms with Crippen molar-refractivity contribution >= 4 is 5.97 Å². The molecule has 0 aliphatic carbocycles. The van der Waals surface area contributed by atoms with E-state index < -0.39 is 24.0 Å². The Hall–Kier alpha value is -1.70. The SMILES string of the molecule is NC(C(=O)O)c1cnc(C(F)(F)F)nc1. The van der Waals surface area contributed by atoms with Crippen molar-refractivity contribution in [2.45, 2.75) is 12.2 Å². The zero-order chi connectivity index (χ0) is 11.6. The Morgan fingerprint density at radius 1 is 1.40 bits per heavy atom. The van der Waals surface area contributed by atoms with Gasteiger partial charge in [0.1, 0.15) is 6.04 Å². The summed E-state index contributed by atoms with van der Waals surface area (Å²) >= 11 is 0. The molecule has 1 aromatic rings. The van der Waals surface area contributed by atoms with Crippen molar-refractivity contribution in [3.63, 3.8) is 0 Å². The van der Waals surface area contributed by atoms with Gasteiger partial charge in [0.15, 0.2) is 0 Å². The second kappa shape index (κ2) is 3.81. The van der Waals surface area contributed by atoms with Gasteiger partial charge in [0.2, 0.25) is 5.82 Å². The molecule has 0 aliphatic heterocycles. The van der Waals surface area contributed by atoms with Crippen LogP contribution in [0.5, 0.6) is 0 Å². The van der Waals surface area contributed by atoms with Crippen LogP contribution < -0.4 is 5.73 Å². The highest BCUT2D eigenvalue weighted by molar-refractivity contribution is 5.74. The minimum Gasteiger partial charge on any atom is -0.480 e. The number of aliphatic carboxylic acids is 1. The van der Waals surface area contributed by atoms with Gasteiger partial charge in [-0.05, 0) is 0 Å². The van der Waals surface area contributed by atoms with Gasteiger partial charge in [-0.3, -0.25) is 4.79 Å². The first-order valence-corrected chi connectivity index (χ1v) is 3.70. The minimum atomic E-state index is -4.65. The van der Waals surface area contributed by atoms with Gasteiger partial charge in [0, 0.05) is 18.0 Å². The van der Waals surface area contributed by atoms with Crippen molar-refractivity contribution in [3.05, 3.63) is 23.8 Å². The number of aromatic nitrogens is 2. The van der Waals surface area contributed by atoms with Gasteiger partial charge in [0.25, 0.3) is 0 Å². The van der Waals surface area contributed by atoms with Gasteiger partial charge in [0.05, 0.1) is 0 Å². The molecule has 1 atom stereocenters. The van der Waals surface area contributed by atoms with Crippen LogP contribution in [0.4, 0.5) is 13.2 Å². The van der Waals surface area contributed by atoms with E-state index in [1.165, 1.54) is 0 Å². The van der Waals surface area contributed by atoms with Crippen molar-refractivity contribution in [1.82, 2.24) is 9.97 Å². The van der Waals surface area contributed by atoms with Crippen molar-refractivity contribution < 1.29 is 23.1 Å². The molecule has 1 aromatic heterocycles. The molecule has 15 heavy (non-hydrogen) atoms. The van der Waals surface area contributed by atoms with E-state index in [0.29, 0.717) is 0 Å². The van der Waals surface area contributed by atoms with E-state index in [9.17, 15) is 18.0 Å². The lowest BCUT2D eigenvalue weighted by atomic mass is 10.2. The molecule has 0 amide bonds. The highest BCUT2D eigenvalue weighted by Crippen LogP contribution is 2.25. The first-order valence-electron chi connectivity index (χ1n) is 3.70. The molecule has 0 radical (unpaired) electrons. The molecule has 1 rings (SSSR count). The molecule has 82 valence electrons. The van der Waals surface area contributed by atoms with E-state index in [-0.39, 0.29) is 5.56 Å². The zero-order valence-corrected chi connectivity index (χ0v) is 7.19. The number of carbonyl (C=O) groups is 1. The van der Waals surface area contributed by atoms with E-state index in [1.54, 1.807) is 0 Å². The Morgan fingerprint density at radius 3 is 2.20 bits per heavy atom. The third-order valence-electron chi connectivity index (χ3n) is 1.55. The summed E-state index contributed by atoms with van der Waals surface area (Å²) in [6.45, 7) is 0. The fourth-order valence-corrected chi connectivity index (χ4v) is 0.788. The Balaban J connectivity index is 2.95. The monoisotopic (exact) mass is 221 g/mol. The third kappa shape index (κ3) is 2.62. The molecule has 3 N–H and O–H groups in total. The molecule has 1 unspecified atom stereocenters. The molecular weight excluding hydrogens is 215 g/mol. The molecule has 0 fully saturated rings. The number of nitrogens with two attached hydrogens (primary N) is 1. The van der Waals surface area contributed by atoms with Crippen LogP contribution >= 0.6 is 0 Å². The lowest BCUT2D eigenvalue weighted by molar-refractivity contribution is -0.145. The van der Waals surface area contributed by atoms with Crippen LogP contribution in [-0.4, -0.2) is 21.0 Å². The molecular formula is C7H6F3N3O2. The number of nitrogens with zero attached hydrogens (tertiary/aromatic N) is 2. The molecule has 0 aromatic carbocycles. The van der Waals surface area contributed by atoms with Crippen molar-refractivity contribution in [2.24, 2.45) is 5.73 Å². The highest BCUT2D eigenvalue weighted by Gasteiger charge is 2.34. The standard InChI is InChI=1S/C7H6F3N3O2/c8-7(9,10)6-12-1-3(2-13-6)4(11)5(14)15/h1-2,4H,11H2,(H,14,15). The van der Waals surface area contributed by atoms with Crippen LogP contribution in [-0.2, 0) is 11.0 Å². The first kappa shape index (κ1) is 11.4. The summed E-state index contributed by atoms with van der Waals surface area (Å²) in [4.78, 5) is 16.3. The Kier molecular flexibility index (Phi) is 2.89. The summed E-state index contributed by atoms with van der Waals surface area (Å²) in [6, 6.07) is -1.42. The molecule has 0 spiro atoms. The normalized spacial score (nSPS) is 13.6. The first-order chi connectivity index (χ1) is 6.82. The van der Waals surface area contributed by atoms with E-state index in [0.717, 1.165) is 12.4 Å². The van der Waals surface area contributed by atoms with Crippen LogP contribution in [0, 0.1) is 0 Å². The molecule has 0 saturated heterocycles. The fourth-order valence-electron chi connectivity index (χ4n) is 0.788. The summed E-state index contributed by atoms with van der Waals surface area (Å²) in [5.74, 6) is -2.69. The number of alkyl halides is 3. The Bertz CT molecular complexity index is 363. The van der Waals surface area contributed by atoms with Gasteiger partial charge in [-0.2, -0.15) is 13.2 Å². The third-order valence-corrected chi connectivity index (χ3v) is 1.55. The number of carboxylic acid groups (broad SMARTS) is 1. The average molecular weight is 221 g/mol. The second-order valence-electron chi connectivity index (χ2n) is 2.65. The molecule has 0 bridgehead atoms.